The molecule has 1 aliphatic rings. The van der Waals surface area contributed by atoms with Crippen molar-refractivity contribution in [3.8, 4) is 5.75 Å². The molecule has 0 aromatic heterocycles. The van der Waals surface area contributed by atoms with Gasteiger partial charge in [-0.3, -0.25) is 14.6 Å². The number of methoxy groups -OCH3 is 1. The molecular formula is C20H31N5O3. The van der Waals surface area contributed by atoms with Crippen LogP contribution in [0.1, 0.15) is 29.6 Å². The zero-order valence-electron chi connectivity index (χ0n) is 17.0. The van der Waals surface area contributed by atoms with E-state index < -0.39 is 0 Å². The van der Waals surface area contributed by atoms with Crippen LogP contribution in [0.4, 0.5) is 0 Å². The lowest BCUT2D eigenvalue weighted by molar-refractivity contribution is -0.121. The molecule has 0 spiro atoms. The van der Waals surface area contributed by atoms with Gasteiger partial charge in [0.15, 0.2) is 5.96 Å². The Morgan fingerprint density at radius 3 is 2.57 bits per heavy atom. The lowest BCUT2D eigenvalue weighted by Gasteiger charge is -2.34. The quantitative estimate of drug-likeness (QED) is 0.365. The van der Waals surface area contributed by atoms with E-state index in [0.717, 1.165) is 31.9 Å². The smallest absolute Gasteiger partial charge is 0.251 e. The highest BCUT2D eigenvalue weighted by Gasteiger charge is 2.22. The summed E-state index contributed by atoms with van der Waals surface area (Å²) in [5.74, 6) is 1.88. The van der Waals surface area contributed by atoms with Gasteiger partial charge >= 0.3 is 0 Å². The van der Waals surface area contributed by atoms with Crippen LogP contribution in [-0.2, 0) is 4.79 Å². The van der Waals surface area contributed by atoms with Crippen LogP contribution in [0.3, 0.4) is 0 Å². The number of likely N-dealkylation sites (tertiary alicyclic amines) is 1. The van der Waals surface area contributed by atoms with Gasteiger partial charge in [0.1, 0.15) is 5.75 Å². The second-order valence-electron chi connectivity index (χ2n) is 6.77. The number of guanidine groups is 1. The van der Waals surface area contributed by atoms with Gasteiger partial charge < -0.3 is 25.6 Å². The molecule has 28 heavy (non-hydrogen) atoms. The van der Waals surface area contributed by atoms with Gasteiger partial charge in [-0.25, -0.2) is 0 Å². The van der Waals surface area contributed by atoms with E-state index in [-0.39, 0.29) is 11.8 Å². The van der Waals surface area contributed by atoms with Crippen molar-refractivity contribution in [2.75, 3.05) is 47.4 Å². The van der Waals surface area contributed by atoms with E-state index in [1.54, 1.807) is 45.5 Å². The summed E-state index contributed by atoms with van der Waals surface area (Å²) in [5.41, 5.74) is 0.571. The van der Waals surface area contributed by atoms with Crippen molar-refractivity contribution in [3.63, 3.8) is 0 Å². The zero-order valence-corrected chi connectivity index (χ0v) is 17.0. The topological polar surface area (TPSA) is 95.1 Å². The predicted molar refractivity (Wildman–Crippen MR) is 110 cm³/mol. The highest BCUT2D eigenvalue weighted by Crippen LogP contribution is 2.20. The molecule has 1 heterocycles. The summed E-state index contributed by atoms with van der Waals surface area (Å²) in [6.07, 6.45) is 2.54. The number of amides is 2. The lowest BCUT2D eigenvalue weighted by Crippen LogP contribution is -2.47. The highest BCUT2D eigenvalue weighted by atomic mass is 16.5. The van der Waals surface area contributed by atoms with Gasteiger partial charge in [-0.2, -0.15) is 0 Å². The maximum Gasteiger partial charge on any atom is 0.251 e. The SMILES string of the molecule is CN=C(NCCNC(=O)c1cccc(OC)c1)N1CCC(CC(=O)NC)CC1. The van der Waals surface area contributed by atoms with E-state index >= 15 is 0 Å². The van der Waals surface area contributed by atoms with Gasteiger partial charge in [-0.1, -0.05) is 6.07 Å². The molecule has 0 radical (unpaired) electrons. The third kappa shape index (κ3) is 6.44. The first kappa shape index (κ1) is 21.5. The van der Waals surface area contributed by atoms with Crippen molar-refractivity contribution in [3.05, 3.63) is 29.8 Å². The van der Waals surface area contributed by atoms with Crippen molar-refractivity contribution < 1.29 is 14.3 Å². The van der Waals surface area contributed by atoms with Crippen LogP contribution in [0, 0.1) is 5.92 Å². The number of nitrogens with one attached hydrogen (secondary N) is 3. The minimum atomic E-state index is -0.134. The molecule has 1 aliphatic heterocycles. The second kappa shape index (κ2) is 11.2. The van der Waals surface area contributed by atoms with Crippen LogP contribution in [0.2, 0.25) is 0 Å². The molecule has 8 nitrogen and oxygen atoms in total. The first-order valence-corrected chi connectivity index (χ1v) is 9.65. The van der Waals surface area contributed by atoms with Crippen LogP contribution in [0.15, 0.2) is 29.3 Å². The number of benzene rings is 1. The fraction of sp³-hybridized carbons (Fsp3) is 0.550. The molecule has 0 unspecified atom stereocenters. The summed E-state index contributed by atoms with van der Waals surface area (Å²) < 4.78 is 5.14. The van der Waals surface area contributed by atoms with Crippen molar-refractivity contribution in [1.82, 2.24) is 20.9 Å². The van der Waals surface area contributed by atoms with Crippen molar-refractivity contribution in [2.45, 2.75) is 19.3 Å². The van der Waals surface area contributed by atoms with Crippen molar-refractivity contribution in [1.29, 1.82) is 0 Å². The molecule has 1 aromatic rings. The Bertz CT molecular complexity index is 684. The van der Waals surface area contributed by atoms with Gasteiger partial charge in [0.05, 0.1) is 7.11 Å². The average Bonchev–Trinajstić information content (AvgIpc) is 2.74. The molecule has 3 N–H and O–H groups in total. The summed E-state index contributed by atoms with van der Waals surface area (Å²) in [6, 6.07) is 7.07. The molecule has 1 aromatic carbocycles. The Morgan fingerprint density at radius 2 is 1.93 bits per heavy atom. The second-order valence-corrected chi connectivity index (χ2v) is 6.77. The molecule has 1 fully saturated rings. The van der Waals surface area contributed by atoms with Crippen molar-refractivity contribution in [2.24, 2.45) is 10.9 Å². The highest BCUT2D eigenvalue weighted by molar-refractivity contribution is 5.94. The summed E-state index contributed by atoms with van der Waals surface area (Å²) >= 11 is 0. The standard InChI is InChI=1S/C20H31N5O3/c1-21-18(26)13-15-7-11-25(12-8-15)20(22-2)24-10-9-23-19(27)16-5-4-6-17(14-16)28-3/h4-6,14-15H,7-13H2,1-3H3,(H,21,26)(H,22,24)(H,23,27). The maximum absolute atomic E-state index is 12.2. The Balaban J connectivity index is 1.71. The Morgan fingerprint density at radius 1 is 1.21 bits per heavy atom. The molecule has 2 amide bonds. The van der Waals surface area contributed by atoms with Gasteiger partial charge in [-0.05, 0) is 37.0 Å². The fourth-order valence-corrected chi connectivity index (χ4v) is 3.26. The number of hydrogen-bond acceptors (Lipinski definition) is 4. The van der Waals surface area contributed by atoms with Crippen LogP contribution in [0.5, 0.6) is 5.75 Å². The van der Waals surface area contributed by atoms with E-state index in [2.05, 4.69) is 25.8 Å². The van der Waals surface area contributed by atoms with Crippen LogP contribution >= 0.6 is 0 Å². The molecule has 2 rings (SSSR count). The normalized spacial score (nSPS) is 15.1. The van der Waals surface area contributed by atoms with E-state index in [4.69, 9.17) is 4.74 Å². The van der Waals surface area contributed by atoms with Crippen molar-refractivity contribution >= 4 is 17.8 Å². The minimum absolute atomic E-state index is 0.104. The van der Waals surface area contributed by atoms with E-state index in [0.29, 0.717) is 36.7 Å². The number of piperidine rings is 1. The van der Waals surface area contributed by atoms with Gasteiger partial charge in [0.2, 0.25) is 5.91 Å². The third-order valence-electron chi connectivity index (χ3n) is 4.90. The molecule has 1 saturated heterocycles. The summed E-state index contributed by atoms with van der Waals surface area (Å²) in [7, 11) is 5.01. The van der Waals surface area contributed by atoms with Crippen LogP contribution < -0.4 is 20.7 Å². The number of carbonyl (C=O) groups is 2. The number of ether oxygens (including phenoxy) is 1. The number of carbonyl (C=O) groups excluding carboxylic acids is 2. The molecule has 0 atom stereocenters. The van der Waals surface area contributed by atoms with E-state index in [9.17, 15) is 9.59 Å². The third-order valence-corrected chi connectivity index (χ3v) is 4.90. The largest absolute Gasteiger partial charge is 0.497 e. The summed E-state index contributed by atoms with van der Waals surface area (Å²) in [6.45, 7) is 2.82. The Labute approximate surface area is 166 Å². The Hall–Kier alpha value is -2.77. The lowest BCUT2D eigenvalue weighted by atomic mass is 9.93. The van der Waals surface area contributed by atoms with E-state index in [1.807, 2.05) is 0 Å². The summed E-state index contributed by atoms with van der Waals surface area (Å²) in [4.78, 5) is 30.3. The molecule has 0 aliphatic carbocycles. The fourth-order valence-electron chi connectivity index (χ4n) is 3.26. The number of rotatable bonds is 7. The first-order valence-electron chi connectivity index (χ1n) is 9.65. The molecule has 8 heteroatoms. The minimum Gasteiger partial charge on any atom is -0.497 e. The molecule has 154 valence electrons. The maximum atomic E-state index is 12.2. The number of aliphatic imine (C=N–C) groups is 1. The van der Waals surface area contributed by atoms with Gasteiger partial charge in [-0.15, -0.1) is 0 Å². The van der Waals surface area contributed by atoms with Crippen LogP contribution in [0.25, 0.3) is 0 Å². The van der Waals surface area contributed by atoms with E-state index in [1.165, 1.54) is 0 Å². The number of hydrogen-bond donors (Lipinski definition) is 3. The number of nitrogens with zero attached hydrogens (tertiary/aromatic N) is 2. The molecule has 0 saturated carbocycles. The first-order chi connectivity index (χ1) is 13.6. The average molecular weight is 390 g/mol. The molecular weight excluding hydrogens is 358 g/mol. The predicted octanol–water partition coefficient (Wildman–Crippen LogP) is 0.849. The zero-order chi connectivity index (χ0) is 20.4. The molecule has 0 bridgehead atoms. The van der Waals surface area contributed by atoms with Crippen LogP contribution in [-0.4, -0.2) is 70.1 Å². The monoisotopic (exact) mass is 389 g/mol. The van der Waals surface area contributed by atoms with Gasteiger partial charge in [0, 0.05) is 52.3 Å². The van der Waals surface area contributed by atoms with Gasteiger partial charge in [0.25, 0.3) is 5.91 Å². The Kier molecular flexibility index (Phi) is 8.58. The summed E-state index contributed by atoms with van der Waals surface area (Å²) in [5, 5.41) is 8.87.